The maximum Gasteiger partial charge on any atom is 0.329 e. The zero-order valence-corrected chi connectivity index (χ0v) is 18.2. The van der Waals surface area contributed by atoms with Crippen molar-refractivity contribution in [3.8, 4) is 0 Å². The lowest BCUT2D eigenvalue weighted by Gasteiger charge is -2.27. The van der Waals surface area contributed by atoms with Crippen LogP contribution in [-0.2, 0) is 16.0 Å². The molecule has 1 fully saturated rings. The Hall–Kier alpha value is -3.68. The highest BCUT2D eigenvalue weighted by molar-refractivity contribution is 5.82. The van der Waals surface area contributed by atoms with Gasteiger partial charge in [0.2, 0.25) is 5.91 Å². The predicted molar refractivity (Wildman–Crippen MR) is 124 cm³/mol. The summed E-state index contributed by atoms with van der Waals surface area (Å²) >= 11 is 0. The van der Waals surface area contributed by atoms with Gasteiger partial charge in [0.1, 0.15) is 6.04 Å². The number of nitrogens with one attached hydrogen (secondary N) is 2. The van der Waals surface area contributed by atoms with Gasteiger partial charge in [-0.15, -0.1) is 0 Å². The molecule has 0 aliphatic heterocycles. The Labute approximate surface area is 190 Å². The highest BCUT2D eigenvalue weighted by atomic mass is 16.4. The zero-order chi connectivity index (χ0) is 23.4. The number of hydrogen-bond acceptors (Lipinski definition) is 4. The Morgan fingerprint density at radius 2 is 1.67 bits per heavy atom. The van der Waals surface area contributed by atoms with Gasteiger partial charge in [0.05, 0.1) is 16.8 Å². The second-order valence-electron chi connectivity index (χ2n) is 8.66. The van der Waals surface area contributed by atoms with Gasteiger partial charge in [0.25, 0.3) is 5.56 Å². The maximum absolute atomic E-state index is 13.3. The van der Waals surface area contributed by atoms with Gasteiger partial charge in [-0.2, -0.15) is 0 Å². The highest BCUT2D eigenvalue weighted by Crippen LogP contribution is 2.28. The van der Waals surface area contributed by atoms with E-state index in [9.17, 15) is 24.3 Å². The lowest BCUT2D eigenvalue weighted by molar-refractivity contribution is -0.143. The molecule has 0 unspecified atom stereocenters. The summed E-state index contributed by atoms with van der Waals surface area (Å²) in [5.74, 6) is -1.32. The van der Waals surface area contributed by atoms with E-state index in [0.29, 0.717) is 30.3 Å². The number of carbonyl (C=O) groups excluding carboxylic acids is 1. The number of fused-ring (bicyclic) bond motifs is 1. The Bertz CT molecular complexity index is 1260. The molecule has 0 saturated heterocycles. The van der Waals surface area contributed by atoms with Crippen LogP contribution in [0.25, 0.3) is 10.9 Å². The van der Waals surface area contributed by atoms with Crippen molar-refractivity contribution < 1.29 is 14.7 Å². The summed E-state index contributed by atoms with van der Waals surface area (Å²) in [4.78, 5) is 53.2. The van der Waals surface area contributed by atoms with E-state index < -0.39 is 29.2 Å². The van der Waals surface area contributed by atoms with E-state index in [0.717, 1.165) is 23.0 Å². The van der Waals surface area contributed by atoms with Crippen LogP contribution in [0.4, 0.5) is 0 Å². The van der Waals surface area contributed by atoms with E-state index in [4.69, 9.17) is 0 Å². The van der Waals surface area contributed by atoms with Crippen LogP contribution < -0.4 is 16.6 Å². The largest absolute Gasteiger partial charge is 0.481 e. The molecule has 8 nitrogen and oxygen atoms in total. The van der Waals surface area contributed by atoms with Gasteiger partial charge in [-0.1, -0.05) is 42.5 Å². The first kappa shape index (κ1) is 22.5. The number of carbonyl (C=O) groups is 2. The monoisotopic (exact) mass is 449 g/mol. The molecule has 1 atom stereocenters. The van der Waals surface area contributed by atoms with Gasteiger partial charge >= 0.3 is 11.7 Å². The summed E-state index contributed by atoms with van der Waals surface area (Å²) in [6, 6.07) is 15.0. The Balaban J connectivity index is 1.59. The molecule has 1 amide bonds. The zero-order valence-electron chi connectivity index (χ0n) is 18.2. The molecule has 33 heavy (non-hydrogen) atoms. The molecule has 3 aromatic rings. The van der Waals surface area contributed by atoms with Crippen molar-refractivity contribution in [2.75, 3.05) is 6.54 Å². The van der Waals surface area contributed by atoms with Crippen molar-refractivity contribution in [1.82, 2.24) is 14.9 Å². The second-order valence-corrected chi connectivity index (χ2v) is 8.66. The maximum atomic E-state index is 13.3. The van der Waals surface area contributed by atoms with Gasteiger partial charge in [0, 0.05) is 13.0 Å². The Morgan fingerprint density at radius 3 is 2.36 bits per heavy atom. The minimum atomic E-state index is -1.01. The molecule has 1 aliphatic carbocycles. The van der Waals surface area contributed by atoms with Crippen molar-refractivity contribution in [3.63, 3.8) is 0 Å². The summed E-state index contributed by atoms with van der Waals surface area (Å²) in [7, 11) is 0. The summed E-state index contributed by atoms with van der Waals surface area (Å²) in [6.07, 6.45) is 2.81. The third-order valence-corrected chi connectivity index (χ3v) is 6.48. The van der Waals surface area contributed by atoms with Crippen LogP contribution in [0.2, 0.25) is 0 Å². The minimum Gasteiger partial charge on any atom is -0.481 e. The minimum absolute atomic E-state index is 0.175. The van der Waals surface area contributed by atoms with Crippen molar-refractivity contribution in [2.24, 2.45) is 11.8 Å². The average molecular weight is 450 g/mol. The lowest BCUT2D eigenvalue weighted by Crippen LogP contribution is -2.46. The highest BCUT2D eigenvalue weighted by Gasteiger charge is 2.29. The molecular formula is C25H27N3O5. The number of amides is 1. The number of rotatable bonds is 7. The van der Waals surface area contributed by atoms with Crippen molar-refractivity contribution in [3.05, 3.63) is 81.0 Å². The smallest absolute Gasteiger partial charge is 0.329 e. The molecule has 0 radical (unpaired) electrons. The van der Waals surface area contributed by atoms with Gasteiger partial charge in [-0.3, -0.25) is 14.4 Å². The summed E-state index contributed by atoms with van der Waals surface area (Å²) in [5, 5.41) is 12.4. The number of aromatic amines is 1. The first-order valence-electron chi connectivity index (χ1n) is 11.2. The lowest BCUT2D eigenvalue weighted by atomic mass is 9.82. The van der Waals surface area contributed by atoms with Crippen molar-refractivity contribution in [2.45, 2.75) is 38.1 Å². The molecule has 2 aromatic carbocycles. The molecular weight excluding hydrogens is 422 g/mol. The van der Waals surface area contributed by atoms with Crippen LogP contribution in [-0.4, -0.2) is 33.1 Å². The third kappa shape index (κ3) is 5.05. The molecule has 0 bridgehead atoms. The predicted octanol–water partition coefficient (Wildman–Crippen LogP) is 2.48. The Morgan fingerprint density at radius 1 is 1.00 bits per heavy atom. The average Bonchev–Trinajstić information content (AvgIpc) is 2.83. The first-order valence-corrected chi connectivity index (χ1v) is 11.2. The first-order chi connectivity index (χ1) is 15.9. The fraction of sp³-hybridized carbons (Fsp3) is 0.360. The summed E-state index contributed by atoms with van der Waals surface area (Å²) in [5.41, 5.74) is 0.126. The van der Waals surface area contributed by atoms with Crippen LogP contribution in [0.3, 0.4) is 0 Å². The van der Waals surface area contributed by atoms with Crippen LogP contribution in [0.5, 0.6) is 0 Å². The fourth-order valence-corrected chi connectivity index (χ4v) is 4.57. The SMILES string of the molecule is O=C(O)C1CCC(CNC(=O)[C@@H](Cc2ccccc2)n2c(=O)[nH]c3ccccc3c2=O)CC1. The number of benzene rings is 2. The van der Waals surface area contributed by atoms with Gasteiger partial charge in [-0.25, -0.2) is 9.36 Å². The van der Waals surface area contributed by atoms with E-state index in [1.165, 1.54) is 0 Å². The van der Waals surface area contributed by atoms with Gasteiger partial charge < -0.3 is 15.4 Å². The van der Waals surface area contributed by atoms with E-state index in [1.54, 1.807) is 24.3 Å². The molecule has 4 rings (SSSR count). The number of H-pyrrole nitrogens is 1. The topological polar surface area (TPSA) is 121 Å². The van der Waals surface area contributed by atoms with Gasteiger partial charge in [0.15, 0.2) is 0 Å². The number of nitrogens with zero attached hydrogens (tertiary/aromatic N) is 1. The van der Waals surface area contributed by atoms with E-state index in [2.05, 4.69) is 10.3 Å². The number of para-hydroxylation sites is 1. The Kier molecular flexibility index (Phi) is 6.72. The number of hydrogen-bond donors (Lipinski definition) is 3. The number of carboxylic acid groups (broad SMARTS) is 1. The number of aromatic nitrogens is 2. The molecule has 172 valence electrons. The van der Waals surface area contributed by atoms with Crippen LogP contribution in [0.15, 0.2) is 64.2 Å². The normalized spacial score (nSPS) is 19.2. The van der Waals surface area contributed by atoms with E-state index >= 15 is 0 Å². The molecule has 1 aromatic heterocycles. The standard InChI is InChI=1S/C25H27N3O5/c29-22(26-15-17-10-12-18(13-11-17)24(31)32)21(14-16-6-2-1-3-7-16)28-23(30)19-8-4-5-9-20(19)27-25(28)33/h1-9,17-18,21H,10-15H2,(H,26,29)(H,27,33)(H,31,32)/t17?,18?,21-/m1/s1. The van der Waals surface area contributed by atoms with Gasteiger partial charge in [-0.05, 0) is 49.3 Å². The number of aliphatic carboxylic acids is 1. The molecule has 1 saturated carbocycles. The summed E-state index contributed by atoms with van der Waals surface area (Å²) < 4.78 is 1.01. The summed E-state index contributed by atoms with van der Waals surface area (Å²) in [6.45, 7) is 0.386. The van der Waals surface area contributed by atoms with E-state index in [-0.39, 0.29) is 18.3 Å². The van der Waals surface area contributed by atoms with Crippen LogP contribution in [0, 0.1) is 11.8 Å². The van der Waals surface area contributed by atoms with Crippen molar-refractivity contribution in [1.29, 1.82) is 0 Å². The van der Waals surface area contributed by atoms with Crippen molar-refractivity contribution >= 4 is 22.8 Å². The molecule has 0 spiro atoms. The molecule has 3 N–H and O–H groups in total. The number of carboxylic acids is 1. The quantitative estimate of drug-likeness (QED) is 0.512. The van der Waals surface area contributed by atoms with E-state index in [1.807, 2.05) is 30.3 Å². The second kappa shape index (κ2) is 9.85. The van der Waals surface area contributed by atoms with Crippen LogP contribution in [0.1, 0.15) is 37.3 Å². The molecule has 1 aliphatic rings. The molecule has 8 heteroatoms. The fourth-order valence-electron chi connectivity index (χ4n) is 4.57. The molecule has 1 heterocycles. The third-order valence-electron chi connectivity index (χ3n) is 6.48. The van der Waals surface area contributed by atoms with Crippen LogP contribution >= 0.6 is 0 Å².